The zero-order chi connectivity index (χ0) is 16.5. The molecule has 0 radical (unpaired) electrons. The Hall–Kier alpha value is -2.80. The number of ether oxygens (including phenoxy) is 1. The summed E-state index contributed by atoms with van der Waals surface area (Å²) in [6, 6.07) is 4.01. The van der Waals surface area contributed by atoms with Crippen molar-refractivity contribution < 1.29 is 14.5 Å². The summed E-state index contributed by atoms with van der Waals surface area (Å²) in [4.78, 5) is 25.9. The lowest BCUT2D eigenvalue weighted by molar-refractivity contribution is -0.383. The Balaban J connectivity index is 3.12. The molecule has 22 heavy (non-hydrogen) atoms. The molecule has 0 saturated carbocycles. The third-order valence-electron chi connectivity index (χ3n) is 2.28. The summed E-state index contributed by atoms with van der Waals surface area (Å²) in [5.74, 6) is 0. The molecule has 0 unspecified atom stereocenters. The minimum Gasteiger partial charge on any atom is -0.450 e. The third kappa shape index (κ3) is 4.95. The van der Waals surface area contributed by atoms with E-state index in [2.05, 4.69) is 20.4 Å². The van der Waals surface area contributed by atoms with Gasteiger partial charge in [-0.2, -0.15) is 5.26 Å². The van der Waals surface area contributed by atoms with Crippen LogP contribution in [-0.2, 0) is 4.74 Å². The highest BCUT2D eigenvalue weighted by molar-refractivity contribution is 8.13. The molecule has 2 N–H and O–H groups in total. The fourth-order valence-electron chi connectivity index (χ4n) is 1.41. The number of nitriles is 1. The first kappa shape index (κ1) is 17.3. The molecule has 1 rings (SSSR count). The van der Waals surface area contributed by atoms with Crippen molar-refractivity contribution in [1.82, 2.24) is 5.32 Å². The van der Waals surface area contributed by atoms with E-state index in [0.29, 0.717) is 5.17 Å². The second kappa shape index (κ2) is 8.48. The molecule has 1 aromatic carbocycles. The Morgan fingerprint density at radius 2 is 2.32 bits per heavy atom. The number of benzene rings is 1. The maximum atomic E-state index is 11.3. The quantitative estimate of drug-likeness (QED) is 0.217. The molecule has 0 aliphatic rings. The number of carbonyl (C=O) groups is 1. The lowest BCUT2D eigenvalue weighted by Crippen LogP contribution is -2.14. The predicted octanol–water partition coefficient (Wildman–Crippen LogP) is 2.58. The molecular weight excluding hydrogens is 310 g/mol. The lowest BCUT2D eigenvalue weighted by Gasteiger charge is -2.07. The molecule has 0 saturated heterocycles. The van der Waals surface area contributed by atoms with Gasteiger partial charge in [0.2, 0.25) is 0 Å². The van der Waals surface area contributed by atoms with Gasteiger partial charge in [-0.1, -0.05) is 11.8 Å². The maximum absolute atomic E-state index is 11.3. The number of hydrogen-bond donors (Lipinski definition) is 2. The fraction of sp³-hybridized carbons (Fsp3) is 0.250. The van der Waals surface area contributed by atoms with E-state index in [1.807, 2.05) is 0 Å². The zero-order valence-electron chi connectivity index (χ0n) is 11.8. The van der Waals surface area contributed by atoms with Gasteiger partial charge in [-0.05, 0) is 25.3 Å². The highest BCUT2D eigenvalue weighted by Gasteiger charge is 2.17. The number of amidine groups is 1. The van der Waals surface area contributed by atoms with E-state index in [-0.39, 0.29) is 23.7 Å². The van der Waals surface area contributed by atoms with Crippen LogP contribution in [0.25, 0.3) is 0 Å². The number of carbonyl (C=O) groups excluding carboxylic acids is 1. The maximum Gasteiger partial charge on any atom is 0.411 e. The molecule has 0 atom stereocenters. The number of nitrogens with zero attached hydrogens (tertiary/aromatic N) is 3. The number of nitro benzene ring substituents is 1. The Morgan fingerprint density at radius 1 is 1.59 bits per heavy atom. The first-order valence-electron chi connectivity index (χ1n) is 6.01. The van der Waals surface area contributed by atoms with Crippen LogP contribution < -0.4 is 10.6 Å². The Labute approximate surface area is 130 Å². The minimum absolute atomic E-state index is 0.00124. The van der Waals surface area contributed by atoms with Gasteiger partial charge in [-0.3, -0.25) is 20.7 Å². The van der Waals surface area contributed by atoms with E-state index in [9.17, 15) is 14.9 Å². The van der Waals surface area contributed by atoms with Crippen molar-refractivity contribution in [3.8, 4) is 6.19 Å². The Morgan fingerprint density at radius 3 is 2.86 bits per heavy atom. The molecule has 0 aromatic heterocycles. The summed E-state index contributed by atoms with van der Waals surface area (Å²) in [6.45, 7) is 1.77. The molecule has 0 bridgehead atoms. The third-order valence-corrected chi connectivity index (χ3v) is 2.86. The molecule has 0 spiro atoms. The summed E-state index contributed by atoms with van der Waals surface area (Å²) in [7, 11) is 0. The van der Waals surface area contributed by atoms with Gasteiger partial charge in [0.1, 0.15) is 5.69 Å². The molecule has 0 fully saturated rings. The van der Waals surface area contributed by atoms with Crippen LogP contribution in [0.4, 0.5) is 21.9 Å². The summed E-state index contributed by atoms with van der Waals surface area (Å²) < 4.78 is 4.68. The van der Waals surface area contributed by atoms with Gasteiger partial charge >= 0.3 is 6.09 Å². The van der Waals surface area contributed by atoms with Gasteiger partial charge in [0.25, 0.3) is 5.69 Å². The van der Waals surface area contributed by atoms with Crippen LogP contribution in [0.1, 0.15) is 6.92 Å². The van der Waals surface area contributed by atoms with Crippen LogP contribution in [0.5, 0.6) is 0 Å². The number of hydrogen-bond acceptors (Lipinski definition) is 7. The monoisotopic (exact) mass is 323 g/mol. The summed E-state index contributed by atoms with van der Waals surface area (Å²) in [5.41, 5.74) is -0.0544. The first-order valence-corrected chi connectivity index (χ1v) is 7.24. The standard InChI is InChI=1S/C12H13N5O4S/c1-3-21-12(18)16-9-5-4-8(6-10(9)17(19)20)15-11(22-2)14-7-13/h4-6H,3H2,1-2H3,(H,14,15)(H,16,18). The topological polar surface area (TPSA) is 130 Å². The van der Waals surface area contributed by atoms with Crippen molar-refractivity contribution in [2.75, 3.05) is 18.2 Å². The Kier molecular flexibility index (Phi) is 6.65. The van der Waals surface area contributed by atoms with Crippen molar-refractivity contribution in [2.45, 2.75) is 6.92 Å². The first-order chi connectivity index (χ1) is 10.5. The summed E-state index contributed by atoms with van der Waals surface area (Å²) in [5, 5.41) is 24.6. The van der Waals surface area contributed by atoms with Crippen molar-refractivity contribution in [1.29, 1.82) is 5.26 Å². The number of nitrogens with one attached hydrogen (secondary N) is 2. The van der Waals surface area contributed by atoms with Crippen molar-refractivity contribution in [2.24, 2.45) is 4.99 Å². The number of aliphatic imine (C=N–C) groups is 1. The van der Waals surface area contributed by atoms with E-state index in [1.165, 1.54) is 30.0 Å². The average molecular weight is 323 g/mol. The second-order valence-corrected chi connectivity index (χ2v) is 4.46. The van der Waals surface area contributed by atoms with Crippen molar-refractivity contribution in [3.63, 3.8) is 0 Å². The molecule has 1 aromatic rings. The number of thioether (sulfide) groups is 1. The van der Waals surface area contributed by atoms with Crippen LogP contribution in [0.2, 0.25) is 0 Å². The smallest absolute Gasteiger partial charge is 0.411 e. The normalized spacial score (nSPS) is 10.5. The molecule has 9 nitrogen and oxygen atoms in total. The number of rotatable bonds is 4. The van der Waals surface area contributed by atoms with E-state index in [0.717, 1.165) is 0 Å². The van der Waals surface area contributed by atoms with Crippen LogP contribution in [0.15, 0.2) is 23.2 Å². The summed E-state index contributed by atoms with van der Waals surface area (Å²) >= 11 is 1.18. The lowest BCUT2D eigenvalue weighted by atomic mass is 10.2. The van der Waals surface area contributed by atoms with Crippen LogP contribution >= 0.6 is 11.8 Å². The molecule has 0 heterocycles. The molecule has 0 aliphatic carbocycles. The van der Waals surface area contributed by atoms with Gasteiger partial charge < -0.3 is 4.74 Å². The van der Waals surface area contributed by atoms with E-state index in [4.69, 9.17) is 5.26 Å². The van der Waals surface area contributed by atoms with Crippen molar-refractivity contribution >= 4 is 40.1 Å². The second-order valence-electron chi connectivity index (χ2n) is 3.66. The molecule has 116 valence electrons. The van der Waals surface area contributed by atoms with Gasteiger partial charge in [-0.15, -0.1) is 0 Å². The SMILES string of the molecule is CCOC(=O)Nc1ccc(N=C(NC#N)SC)cc1[N+](=O)[O-]. The van der Waals surface area contributed by atoms with Crippen LogP contribution in [-0.4, -0.2) is 29.0 Å². The number of amides is 1. The molecule has 10 heteroatoms. The minimum atomic E-state index is -0.780. The van der Waals surface area contributed by atoms with E-state index < -0.39 is 11.0 Å². The van der Waals surface area contributed by atoms with Gasteiger partial charge in [0.15, 0.2) is 11.4 Å². The van der Waals surface area contributed by atoms with Gasteiger partial charge in [0, 0.05) is 6.07 Å². The van der Waals surface area contributed by atoms with Crippen LogP contribution in [0.3, 0.4) is 0 Å². The molecule has 1 amide bonds. The summed E-state index contributed by atoms with van der Waals surface area (Å²) in [6.07, 6.45) is 2.64. The number of anilines is 1. The van der Waals surface area contributed by atoms with Gasteiger partial charge in [0.05, 0.1) is 17.2 Å². The highest BCUT2D eigenvalue weighted by atomic mass is 32.2. The molecular formula is C12H13N5O4S. The highest BCUT2D eigenvalue weighted by Crippen LogP contribution is 2.29. The largest absolute Gasteiger partial charge is 0.450 e. The fourth-order valence-corrected chi connectivity index (χ4v) is 1.76. The van der Waals surface area contributed by atoms with E-state index in [1.54, 1.807) is 19.4 Å². The van der Waals surface area contributed by atoms with Crippen molar-refractivity contribution in [3.05, 3.63) is 28.3 Å². The Bertz CT molecular complexity index is 641. The average Bonchev–Trinajstić information content (AvgIpc) is 2.48. The zero-order valence-corrected chi connectivity index (χ0v) is 12.6. The molecule has 0 aliphatic heterocycles. The number of nitro groups is 1. The van der Waals surface area contributed by atoms with Gasteiger partial charge in [-0.25, -0.2) is 9.79 Å². The predicted molar refractivity (Wildman–Crippen MR) is 83.1 cm³/mol. The van der Waals surface area contributed by atoms with E-state index >= 15 is 0 Å². The van der Waals surface area contributed by atoms with Crippen LogP contribution in [0, 0.1) is 21.6 Å².